The average Bonchev–Trinajstić information content (AvgIpc) is 3.31. The van der Waals surface area contributed by atoms with Crippen molar-refractivity contribution in [3.05, 3.63) is 36.6 Å². The Bertz CT molecular complexity index is 930. The number of hydrogen-bond acceptors (Lipinski definition) is 6. The molecule has 0 spiro atoms. The van der Waals surface area contributed by atoms with E-state index in [0.717, 1.165) is 61.4 Å². The molecule has 1 aliphatic heterocycles. The number of nitrogens with two attached hydrogens (primary N) is 1. The van der Waals surface area contributed by atoms with Gasteiger partial charge in [0.25, 0.3) is 0 Å². The highest BCUT2D eigenvalue weighted by atomic mass is 35.5. The Labute approximate surface area is 170 Å². The summed E-state index contributed by atoms with van der Waals surface area (Å²) in [6.07, 6.45) is 2.91. The Kier molecular flexibility index (Phi) is 6.39. The highest BCUT2D eigenvalue weighted by molar-refractivity contribution is 5.98. The molecule has 0 saturated carbocycles. The Hall–Kier alpha value is -2.35. The molecule has 0 amide bonds. The first-order valence-corrected chi connectivity index (χ1v) is 9.38. The van der Waals surface area contributed by atoms with Crippen molar-refractivity contribution in [1.29, 1.82) is 0 Å². The summed E-state index contributed by atoms with van der Waals surface area (Å²) in [6, 6.07) is 9.47. The molecule has 0 unspecified atom stereocenters. The Morgan fingerprint density at radius 3 is 2.71 bits per heavy atom. The molecule has 1 saturated heterocycles. The fraction of sp³-hybridized carbons (Fsp3) is 0.400. The fourth-order valence-electron chi connectivity index (χ4n) is 3.56. The lowest BCUT2D eigenvalue weighted by molar-refractivity contribution is 0.0878. The molecule has 1 aliphatic rings. The summed E-state index contributed by atoms with van der Waals surface area (Å²) in [6.45, 7) is 5.24. The summed E-state index contributed by atoms with van der Waals surface area (Å²) in [4.78, 5) is 17.5. The lowest BCUT2D eigenvalue weighted by Crippen LogP contribution is -2.44. The quantitative estimate of drug-likeness (QED) is 0.705. The lowest BCUT2D eigenvalue weighted by atomic mass is 10.1. The van der Waals surface area contributed by atoms with Crippen molar-refractivity contribution >= 4 is 35.0 Å². The highest BCUT2D eigenvalue weighted by Crippen LogP contribution is 2.28. The molecule has 3 heterocycles. The van der Waals surface area contributed by atoms with Gasteiger partial charge in [-0.1, -0.05) is 6.07 Å². The molecule has 1 fully saturated rings. The van der Waals surface area contributed by atoms with Gasteiger partial charge in [0.15, 0.2) is 5.82 Å². The van der Waals surface area contributed by atoms with Gasteiger partial charge in [0, 0.05) is 43.5 Å². The van der Waals surface area contributed by atoms with E-state index in [2.05, 4.69) is 21.9 Å². The van der Waals surface area contributed by atoms with Crippen LogP contribution < -0.4 is 5.73 Å². The predicted octanol–water partition coefficient (Wildman–Crippen LogP) is 2.97. The number of nitrogen functional groups attached to an aromatic ring is 1. The maximum absolute atomic E-state index is 12.8. The van der Waals surface area contributed by atoms with E-state index >= 15 is 0 Å². The van der Waals surface area contributed by atoms with Crippen molar-refractivity contribution in [3.8, 4) is 11.3 Å². The van der Waals surface area contributed by atoms with Crippen molar-refractivity contribution in [2.24, 2.45) is 0 Å². The number of anilines is 1. The minimum absolute atomic E-state index is 0. The van der Waals surface area contributed by atoms with Gasteiger partial charge < -0.3 is 20.0 Å². The summed E-state index contributed by atoms with van der Waals surface area (Å²) in [5.74, 6) is 1.11. The van der Waals surface area contributed by atoms with Crippen LogP contribution in [0, 0.1) is 0 Å². The molecule has 150 valence electrons. The molecular weight excluding hydrogens is 378 g/mol. The Balaban J connectivity index is 0.00000225. The zero-order chi connectivity index (χ0) is 18.8. The monoisotopic (exact) mass is 403 g/mol. The van der Waals surface area contributed by atoms with Gasteiger partial charge in [0.1, 0.15) is 5.76 Å². The van der Waals surface area contributed by atoms with Gasteiger partial charge in [-0.3, -0.25) is 4.79 Å². The van der Waals surface area contributed by atoms with Gasteiger partial charge in [-0.15, -0.1) is 17.5 Å². The number of aromatic nitrogens is 2. The number of carbonyl (C=O) groups is 1. The van der Waals surface area contributed by atoms with Crippen LogP contribution in [0.1, 0.15) is 17.6 Å². The molecular formula is C20H26ClN5O2. The first-order chi connectivity index (χ1) is 13.1. The molecule has 7 nitrogen and oxygen atoms in total. The van der Waals surface area contributed by atoms with Crippen LogP contribution in [0.4, 0.5) is 5.82 Å². The molecule has 0 aliphatic carbocycles. The van der Waals surface area contributed by atoms with E-state index in [1.54, 1.807) is 6.26 Å². The van der Waals surface area contributed by atoms with Crippen molar-refractivity contribution in [2.45, 2.75) is 12.8 Å². The Morgan fingerprint density at radius 2 is 2.00 bits per heavy atom. The smallest absolute Gasteiger partial charge is 0.247 e. The number of furan rings is 1. The summed E-state index contributed by atoms with van der Waals surface area (Å²) in [5, 5.41) is 5.07. The maximum Gasteiger partial charge on any atom is 0.247 e. The van der Waals surface area contributed by atoms with Crippen LogP contribution >= 0.6 is 12.4 Å². The summed E-state index contributed by atoms with van der Waals surface area (Å²) in [7, 11) is 2.14. The van der Waals surface area contributed by atoms with Crippen LogP contribution in [0.2, 0.25) is 0 Å². The third-order valence-electron chi connectivity index (χ3n) is 5.21. The zero-order valence-corrected chi connectivity index (χ0v) is 16.8. The van der Waals surface area contributed by atoms with Gasteiger partial charge in [-0.2, -0.15) is 4.68 Å². The van der Waals surface area contributed by atoms with Crippen molar-refractivity contribution < 1.29 is 9.21 Å². The largest absolute Gasteiger partial charge is 0.464 e. The number of fused-ring (bicyclic) bond motifs is 1. The summed E-state index contributed by atoms with van der Waals surface area (Å²) >= 11 is 0. The van der Waals surface area contributed by atoms with E-state index in [4.69, 9.17) is 10.2 Å². The molecule has 2 N–H and O–H groups in total. The summed E-state index contributed by atoms with van der Waals surface area (Å²) < 4.78 is 6.91. The van der Waals surface area contributed by atoms with E-state index < -0.39 is 0 Å². The number of hydrogen-bond donors (Lipinski definition) is 1. The molecule has 1 aromatic carbocycles. The molecule has 2 aromatic heterocycles. The van der Waals surface area contributed by atoms with Crippen LogP contribution in [0.15, 0.2) is 41.0 Å². The predicted molar refractivity (Wildman–Crippen MR) is 113 cm³/mol. The van der Waals surface area contributed by atoms with E-state index in [1.165, 1.54) is 4.68 Å². The second kappa shape index (κ2) is 8.77. The van der Waals surface area contributed by atoms with Gasteiger partial charge >= 0.3 is 0 Å². The number of benzene rings is 1. The standard InChI is InChI=1S/C20H25N5O2.ClH/c1-23-9-11-24(12-10-23)8-2-5-19(26)25-17-14-15(18-4-3-13-27-18)6-7-16(17)20(21)22-25;/h3-4,6-7,13-14H,2,5,8-12H2,1H3,(H2,21,22);1H. The third kappa shape index (κ3) is 4.22. The molecule has 4 rings (SSSR count). The van der Waals surface area contributed by atoms with Gasteiger partial charge in [0.05, 0.1) is 11.8 Å². The van der Waals surface area contributed by atoms with Crippen molar-refractivity contribution in [2.75, 3.05) is 45.5 Å². The maximum atomic E-state index is 12.8. The third-order valence-corrected chi connectivity index (χ3v) is 5.21. The van der Waals surface area contributed by atoms with E-state index in [9.17, 15) is 4.79 Å². The second-order valence-electron chi connectivity index (χ2n) is 7.15. The topological polar surface area (TPSA) is 80.5 Å². The van der Waals surface area contributed by atoms with E-state index in [0.29, 0.717) is 12.2 Å². The SMILES string of the molecule is CN1CCN(CCCC(=O)n2nc(N)c3ccc(-c4ccco4)cc32)CC1.Cl. The van der Waals surface area contributed by atoms with E-state index in [-0.39, 0.29) is 18.3 Å². The average molecular weight is 404 g/mol. The molecule has 8 heteroatoms. The minimum Gasteiger partial charge on any atom is -0.464 e. The van der Waals surface area contributed by atoms with Crippen molar-refractivity contribution in [3.63, 3.8) is 0 Å². The first-order valence-electron chi connectivity index (χ1n) is 9.38. The first kappa shape index (κ1) is 20.4. The van der Waals surface area contributed by atoms with Gasteiger partial charge in [-0.05, 0) is 44.3 Å². The van der Waals surface area contributed by atoms with Crippen LogP contribution in [-0.4, -0.2) is 65.3 Å². The number of rotatable bonds is 5. The van der Waals surface area contributed by atoms with Crippen molar-refractivity contribution in [1.82, 2.24) is 19.6 Å². The number of piperazine rings is 1. The number of nitrogens with zero attached hydrogens (tertiary/aromatic N) is 4. The van der Waals surface area contributed by atoms with Crippen LogP contribution in [0.3, 0.4) is 0 Å². The molecule has 3 aromatic rings. The van der Waals surface area contributed by atoms with Gasteiger partial charge in [0.2, 0.25) is 5.91 Å². The molecule has 0 radical (unpaired) electrons. The zero-order valence-electron chi connectivity index (χ0n) is 16.0. The molecule has 0 bridgehead atoms. The van der Waals surface area contributed by atoms with Crippen LogP contribution in [-0.2, 0) is 0 Å². The number of carbonyl (C=O) groups excluding carboxylic acids is 1. The molecule has 28 heavy (non-hydrogen) atoms. The fourth-order valence-corrected chi connectivity index (χ4v) is 3.56. The Morgan fingerprint density at radius 1 is 1.21 bits per heavy atom. The van der Waals surface area contributed by atoms with Crippen LogP contribution in [0.25, 0.3) is 22.2 Å². The normalized spacial score (nSPS) is 15.6. The minimum atomic E-state index is -0.0255. The number of likely N-dealkylation sites (N-methyl/N-ethyl adjacent to an activating group) is 1. The second-order valence-corrected chi connectivity index (χ2v) is 7.15. The van der Waals surface area contributed by atoms with E-state index in [1.807, 2.05) is 30.3 Å². The number of halogens is 1. The molecule has 0 atom stereocenters. The lowest BCUT2D eigenvalue weighted by Gasteiger charge is -2.32. The summed E-state index contributed by atoms with van der Waals surface area (Å²) in [5.41, 5.74) is 7.65. The van der Waals surface area contributed by atoms with Gasteiger partial charge in [-0.25, -0.2) is 0 Å². The van der Waals surface area contributed by atoms with Crippen LogP contribution in [0.5, 0.6) is 0 Å². The highest BCUT2D eigenvalue weighted by Gasteiger charge is 2.17.